The van der Waals surface area contributed by atoms with Crippen molar-refractivity contribution >= 4 is 7.12 Å². The van der Waals surface area contributed by atoms with E-state index in [-0.39, 0.29) is 24.4 Å². The Bertz CT molecular complexity index is 1190. The highest BCUT2D eigenvalue weighted by Gasteiger charge is 2.50. The molecular weight excluding hydrogens is 485 g/mol. The van der Waals surface area contributed by atoms with E-state index in [9.17, 15) is 0 Å². The van der Waals surface area contributed by atoms with Gasteiger partial charge in [-0.15, -0.1) is 10.2 Å². The lowest BCUT2D eigenvalue weighted by molar-refractivity contribution is 0.00578. The Morgan fingerprint density at radius 3 is 1.69 bits per heavy atom. The van der Waals surface area contributed by atoms with E-state index in [2.05, 4.69) is 145 Å². The molecule has 1 aliphatic heterocycles. The second kappa shape index (κ2) is 11.4. The van der Waals surface area contributed by atoms with Gasteiger partial charge in [0.15, 0.2) is 5.82 Å². The van der Waals surface area contributed by atoms with Crippen molar-refractivity contribution in [1.29, 1.82) is 0 Å². The molecule has 0 bridgehead atoms. The van der Waals surface area contributed by atoms with E-state index in [1.54, 1.807) is 0 Å². The Hall–Kier alpha value is -3.33. The van der Waals surface area contributed by atoms with Gasteiger partial charge < -0.3 is 9.31 Å². The Morgan fingerprint density at radius 1 is 0.769 bits per heavy atom. The number of aromatic nitrogens is 4. The Labute approximate surface area is 231 Å². The highest BCUT2D eigenvalue weighted by atomic mass is 16.7. The van der Waals surface area contributed by atoms with Crippen LogP contribution in [0.15, 0.2) is 91.0 Å². The number of hydrogen-bond acceptors (Lipinski definition) is 6. The molecule has 0 spiro atoms. The van der Waals surface area contributed by atoms with Crippen LogP contribution in [0.1, 0.15) is 75.5 Å². The van der Waals surface area contributed by atoms with E-state index in [0.717, 1.165) is 42.3 Å². The lowest BCUT2D eigenvalue weighted by Crippen LogP contribution is -2.46. The number of benzene rings is 3. The first kappa shape index (κ1) is 27.2. The fourth-order valence-corrected chi connectivity index (χ4v) is 5.40. The summed E-state index contributed by atoms with van der Waals surface area (Å²) in [6, 6.07) is 31.6. The van der Waals surface area contributed by atoms with Gasteiger partial charge in [-0.3, -0.25) is 5.32 Å². The quantitative estimate of drug-likeness (QED) is 0.141. The number of hydrogen-bond donors (Lipinski definition) is 2. The maximum atomic E-state index is 6.22. The van der Waals surface area contributed by atoms with Crippen LogP contribution in [0.2, 0.25) is 6.32 Å². The van der Waals surface area contributed by atoms with Crippen LogP contribution in [-0.2, 0) is 14.8 Å². The van der Waals surface area contributed by atoms with Gasteiger partial charge in [0.25, 0.3) is 0 Å². The molecule has 8 heteroatoms. The summed E-state index contributed by atoms with van der Waals surface area (Å²) in [4.78, 5) is 0. The molecule has 7 nitrogen and oxygen atoms in total. The molecule has 1 unspecified atom stereocenters. The minimum absolute atomic E-state index is 0.150. The molecule has 0 radical (unpaired) electrons. The number of rotatable bonds is 11. The van der Waals surface area contributed by atoms with Gasteiger partial charge in [-0.2, -0.15) is 5.21 Å². The first-order valence-electron chi connectivity index (χ1n) is 13.8. The third-order valence-corrected chi connectivity index (χ3v) is 8.17. The Kier molecular flexibility index (Phi) is 7.98. The molecule has 39 heavy (non-hydrogen) atoms. The molecule has 1 atom stereocenters. The molecule has 0 saturated carbocycles. The monoisotopic (exact) mass is 523 g/mol. The SMILES string of the molecule is CC1(C)OB(CCCCC(NC(c2ccccc2)(c2ccccc2)c2ccccc2)c2nn[nH]n2)OC1(C)C. The zero-order chi connectivity index (χ0) is 27.3. The summed E-state index contributed by atoms with van der Waals surface area (Å²) in [6.07, 6.45) is 3.58. The van der Waals surface area contributed by atoms with Crippen LogP contribution in [0.3, 0.4) is 0 Å². The molecule has 2 heterocycles. The zero-order valence-corrected chi connectivity index (χ0v) is 23.3. The third kappa shape index (κ3) is 5.69. The third-order valence-electron chi connectivity index (χ3n) is 8.17. The molecule has 0 aliphatic carbocycles. The predicted octanol–water partition coefficient (Wildman–Crippen LogP) is 6.09. The summed E-state index contributed by atoms with van der Waals surface area (Å²) in [7, 11) is -0.191. The molecule has 2 N–H and O–H groups in total. The molecule has 3 aromatic carbocycles. The number of unbranched alkanes of at least 4 members (excludes halogenated alkanes) is 1. The average Bonchev–Trinajstić information content (AvgIpc) is 3.55. The maximum absolute atomic E-state index is 6.22. The van der Waals surface area contributed by atoms with Crippen LogP contribution in [-0.4, -0.2) is 38.9 Å². The molecule has 202 valence electrons. The Balaban J connectivity index is 1.44. The molecule has 1 fully saturated rings. The summed E-state index contributed by atoms with van der Waals surface area (Å²) in [5.74, 6) is 0.651. The molecule has 5 rings (SSSR count). The van der Waals surface area contributed by atoms with Gasteiger partial charge in [0.05, 0.1) is 22.8 Å². The standard InChI is InChI=1S/C31H38BN5O2/c1-29(2)30(3,4)39-32(38-29)23-15-14-22-27(28-34-36-37-35-28)33-31(24-16-8-5-9-17-24,25-18-10-6-11-19-25)26-20-12-7-13-21-26/h5-13,16-21,27,33H,14-15,22-23H2,1-4H3,(H,34,35,36,37). The van der Waals surface area contributed by atoms with Crippen LogP contribution in [0.4, 0.5) is 0 Å². The highest BCUT2D eigenvalue weighted by molar-refractivity contribution is 6.45. The lowest BCUT2D eigenvalue weighted by atomic mass is 9.76. The normalized spacial score (nSPS) is 17.3. The number of nitrogens with one attached hydrogen (secondary N) is 2. The minimum Gasteiger partial charge on any atom is -0.403 e. The number of nitrogens with zero attached hydrogens (tertiary/aromatic N) is 3. The molecule has 1 aliphatic rings. The largest absolute Gasteiger partial charge is 0.457 e. The first-order valence-corrected chi connectivity index (χ1v) is 13.8. The van der Waals surface area contributed by atoms with Crippen molar-refractivity contribution in [3.8, 4) is 0 Å². The second-order valence-corrected chi connectivity index (χ2v) is 11.3. The van der Waals surface area contributed by atoms with Crippen LogP contribution in [0.5, 0.6) is 0 Å². The van der Waals surface area contributed by atoms with Crippen molar-refractivity contribution in [1.82, 2.24) is 25.9 Å². The van der Waals surface area contributed by atoms with E-state index in [4.69, 9.17) is 9.31 Å². The summed E-state index contributed by atoms with van der Waals surface area (Å²) >= 11 is 0. The maximum Gasteiger partial charge on any atom is 0.457 e. The van der Waals surface area contributed by atoms with Crippen molar-refractivity contribution in [3.05, 3.63) is 114 Å². The van der Waals surface area contributed by atoms with Crippen LogP contribution in [0.25, 0.3) is 0 Å². The minimum atomic E-state index is -0.624. The zero-order valence-electron chi connectivity index (χ0n) is 23.3. The molecule has 1 saturated heterocycles. The fourth-order valence-electron chi connectivity index (χ4n) is 5.40. The number of aromatic amines is 1. The van der Waals surface area contributed by atoms with Gasteiger partial charge in [-0.1, -0.05) is 109 Å². The summed E-state index contributed by atoms with van der Waals surface area (Å²) in [5.41, 5.74) is 2.19. The lowest BCUT2D eigenvalue weighted by Gasteiger charge is -2.39. The Morgan fingerprint density at radius 2 is 1.26 bits per heavy atom. The molecule has 0 amide bonds. The van der Waals surface area contributed by atoms with Crippen molar-refractivity contribution in [2.24, 2.45) is 0 Å². The molecule has 1 aromatic heterocycles. The van der Waals surface area contributed by atoms with Crippen LogP contribution >= 0.6 is 0 Å². The van der Waals surface area contributed by atoms with Crippen molar-refractivity contribution in [2.45, 2.75) is 76.1 Å². The fraction of sp³-hybridized carbons (Fsp3) is 0.387. The average molecular weight is 523 g/mol. The van der Waals surface area contributed by atoms with E-state index in [1.165, 1.54) is 0 Å². The van der Waals surface area contributed by atoms with E-state index in [0.29, 0.717) is 5.82 Å². The van der Waals surface area contributed by atoms with Crippen LogP contribution in [0, 0.1) is 0 Å². The van der Waals surface area contributed by atoms with Crippen molar-refractivity contribution in [2.75, 3.05) is 0 Å². The van der Waals surface area contributed by atoms with Gasteiger partial charge in [0.1, 0.15) is 0 Å². The van der Waals surface area contributed by atoms with Gasteiger partial charge >= 0.3 is 7.12 Å². The molecular formula is C31H38BN5O2. The highest BCUT2D eigenvalue weighted by Crippen LogP contribution is 2.40. The van der Waals surface area contributed by atoms with Gasteiger partial charge in [-0.05, 0) is 57.1 Å². The number of tetrazole rings is 1. The van der Waals surface area contributed by atoms with Crippen LogP contribution < -0.4 is 5.32 Å². The van der Waals surface area contributed by atoms with Crippen molar-refractivity contribution < 1.29 is 9.31 Å². The van der Waals surface area contributed by atoms with E-state index in [1.807, 2.05) is 0 Å². The predicted molar refractivity (Wildman–Crippen MR) is 154 cm³/mol. The topological polar surface area (TPSA) is 85.0 Å². The summed E-state index contributed by atoms with van der Waals surface area (Å²) < 4.78 is 12.4. The van der Waals surface area contributed by atoms with Gasteiger partial charge in [0, 0.05) is 0 Å². The van der Waals surface area contributed by atoms with E-state index >= 15 is 0 Å². The molecule has 4 aromatic rings. The van der Waals surface area contributed by atoms with Gasteiger partial charge in [-0.25, -0.2) is 0 Å². The van der Waals surface area contributed by atoms with Crippen molar-refractivity contribution in [3.63, 3.8) is 0 Å². The summed E-state index contributed by atoms with van der Waals surface area (Å²) in [6.45, 7) is 8.39. The second-order valence-electron chi connectivity index (χ2n) is 11.3. The van der Waals surface area contributed by atoms with E-state index < -0.39 is 5.54 Å². The van der Waals surface area contributed by atoms with Gasteiger partial charge in [0.2, 0.25) is 0 Å². The summed E-state index contributed by atoms with van der Waals surface area (Å²) in [5, 5.41) is 19.4. The number of H-pyrrole nitrogens is 1. The smallest absolute Gasteiger partial charge is 0.403 e. The first-order chi connectivity index (χ1) is 18.8.